The highest BCUT2D eigenvalue weighted by Crippen LogP contribution is 2.27. The molecule has 0 radical (unpaired) electrons. The van der Waals surface area contributed by atoms with Crippen LogP contribution in [0.5, 0.6) is 0 Å². The van der Waals surface area contributed by atoms with Crippen LogP contribution >= 0.6 is 0 Å². The van der Waals surface area contributed by atoms with Gasteiger partial charge in [0.1, 0.15) is 0 Å². The summed E-state index contributed by atoms with van der Waals surface area (Å²) in [6.45, 7) is 7.40. The van der Waals surface area contributed by atoms with Gasteiger partial charge in [-0.3, -0.25) is 9.11 Å². The molecule has 4 heteroatoms. The standard InChI is InChI=1S/C16H26N2OS/c1-4-15-12-17-16(2,14-8-6-5-7-9-14)13-18(15)10-11-20(3)19/h5-9,15,17H,4,10-13H2,1-3H3. The van der Waals surface area contributed by atoms with E-state index in [4.69, 9.17) is 0 Å². The highest BCUT2D eigenvalue weighted by atomic mass is 32.2. The number of rotatable bonds is 5. The minimum atomic E-state index is -0.716. The smallest absolute Gasteiger partial charge is 0.0535 e. The van der Waals surface area contributed by atoms with Gasteiger partial charge in [0.15, 0.2) is 0 Å². The highest BCUT2D eigenvalue weighted by Gasteiger charge is 2.35. The highest BCUT2D eigenvalue weighted by molar-refractivity contribution is 7.84. The molecule has 1 aromatic rings. The molecule has 1 N–H and O–H groups in total. The van der Waals surface area contributed by atoms with Crippen molar-refractivity contribution in [2.24, 2.45) is 0 Å². The van der Waals surface area contributed by atoms with Gasteiger partial charge in [-0.05, 0) is 18.9 Å². The Hall–Kier alpha value is -0.710. The number of piperazine rings is 1. The van der Waals surface area contributed by atoms with Crippen LogP contribution in [0, 0.1) is 0 Å². The van der Waals surface area contributed by atoms with E-state index in [1.165, 1.54) is 5.56 Å². The molecule has 1 aliphatic rings. The second-order valence-corrected chi connectivity index (χ2v) is 7.44. The molecule has 1 fully saturated rings. The van der Waals surface area contributed by atoms with E-state index >= 15 is 0 Å². The van der Waals surface area contributed by atoms with E-state index in [0.717, 1.165) is 31.8 Å². The number of benzene rings is 1. The van der Waals surface area contributed by atoms with Gasteiger partial charge in [-0.1, -0.05) is 37.3 Å². The molecule has 3 unspecified atom stereocenters. The maximum Gasteiger partial charge on any atom is 0.0535 e. The summed E-state index contributed by atoms with van der Waals surface area (Å²) in [7, 11) is -0.716. The number of hydrogen-bond acceptors (Lipinski definition) is 3. The molecule has 0 aliphatic carbocycles. The summed E-state index contributed by atoms with van der Waals surface area (Å²) in [5.74, 6) is 0.765. The summed E-state index contributed by atoms with van der Waals surface area (Å²) < 4.78 is 11.4. The lowest BCUT2D eigenvalue weighted by Crippen LogP contribution is -2.61. The fourth-order valence-corrected chi connectivity index (χ4v) is 3.46. The van der Waals surface area contributed by atoms with Crippen LogP contribution in [0.2, 0.25) is 0 Å². The quantitative estimate of drug-likeness (QED) is 0.901. The molecule has 0 amide bonds. The van der Waals surface area contributed by atoms with Gasteiger partial charge in [-0.15, -0.1) is 0 Å². The Morgan fingerprint density at radius 1 is 1.40 bits per heavy atom. The van der Waals surface area contributed by atoms with Crippen LogP contribution < -0.4 is 5.32 Å². The van der Waals surface area contributed by atoms with E-state index in [0.29, 0.717) is 6.04 Å². The van der Waals surface area contributed by atoms with Crippen LogP contribution in [0.3, 0.4) is 0 Å². The van der Waals surface area contributed by atoms with Crippen LogP contribution in [0.1, 0.15) is 25.8 Å². The fraction of sp³-hybridized carbons (Fsp3) is 0.625. The lowest BCUT2D eigenvalue weighted by Gasteiger charge is -2.46. The summed E-state index contributed by atoms with van der Waals surface area (Å²) in [6, 6.07) is 11.2. The van der Waals surface area contributed by atoms with Crippen molar-refractivity contribution in [1.29, 1.82) is 0 Å². The second kappa shape index (κ2) is 6.83. The Morgan fingerprint density at radius 3 is 2.70 bits per heavy atom. The van der Waals surface area contributed by atoms with Crippen LogP contribution in [0.4, 0.5) is 0 Å². The average molecular weight is 294 g/mol. The molecular formula is C16H26N2OS. The summed E-state index contributed by atoms with van der Waals surface area (Å²) in [5, 5.41) is 3.71. The molecule has 1 saturated heterocycles. The van der Waals surface area contributed by atoms with Crippen molar-refractivity contribution in [3.63, 3.8) is 0 Å². The number of nitrogens with one attached hydrogen (secondary N) is 1. The first kappa shape index (κ1) is 15.7. The van der Waals surface area contributed by atoms with Gasteiger partial charge in [0.25, 0.3) is 0 Å². The van der Waals surface area contributed by atoms with Gasteiger partial charge in [0.05, 0.1) is 5.54 Å². The van der Waals surface area contributed by atoms with Crippen molar-refractivity contribution in [2.45, 2.75) is 31.8 Å². The van der Waals surface area contributed by atoms with Gasteiger partial charge >= 0.3 is 0 Å². The van der Waals surface area contributed by atoms with E-state index in [2.05, 4.69) is 54.4 Å². The zero-order chi connectivity index (χ0) is 14.6. The SMILES string of the molecule is CCC1CNC(C)(c2ccccc2)CN1CCS(C)=O. The topological polar surface area (TPSA) is 32.3 Å². The van der Waals surface area contributed by atoms with Crippen molar-refractivity contribution >= 4 is 10.8 Å². The Labute approximate surface area is 125 Å². The molecule has 0 spiro atoms. The molecule has 0 aromatic heterocycles. The van der Waals surface area contributed by atoms with Crippen molar-refractivity contribution in [3.05, 3.63) is 35.9 Å². The predicted octanol–water partition coefficient (Wildman–Crippen LogP) is 1.96. The lowest BCUT2D eigenvalue weighted by molar-refractivity contribution is 0.0894. The van der Waals surface area contributed by atoms with Crippen molar-refractivity contribution in [1.82, 2.24) is 10.2 Å². The minimum absolute atomic E-state index is 0.0117. The van der Waals surface area contributed by atoms with Gasteiger partial charge in [0.2, 0.25) is 0 Å². The van der Waals surface area contributed by atoms with Crippen LogP contribution in [0.15, 0.2) is 30.3 Å². The first-order chi connectivity index (χ1) is 9.55. The Bertz CT molecular complexity index is 451. The van der Waals surface area contributed by atoms with E-state index in [-0.39, 0.29) is 5.54 Å². The molecule has 0 saturated carbocycles. The second-order valence-electron chi connectivity index (χ2n) is 5.89. The summed E-state index contributed by atoms with van der Waals surface area (Å²) in [4.78, 5) is 2.50. The zero-order valence-electron chi connectivity index (χ0n) is 12.8. The maximum absolute atomic E-state index is 11.4. The van der Waals surface area contributed by atoms with E-state index in [1.54, 1.807) is 6.26 Å². The van der Waals surface area contributed by atoms with Gasteiger partial charge in [0, 0.05) is 48.5 Å². The third kappa shape index (κ3) is 3.68. The van der Waals surface area contributed by atoms with Gasteiger partial charge < -0.3 is 5.32 Å². The number of hydrogen-bond donors (Lipinski definition) is 1. The Kier molecular flexibility index (Phi) is 5.35. The third-order valence-electron chi connectivity index (χ3n) is 4.31. The van der Waals surface area contributed by atoms with Gasteiger partial charge in [-0.25, -0.2) is 0 Å². The average Bonchev–Trinajstić information content (AvgIpc) is 2.46. The molecule has 3 nitrogen and oxygen atoms in total. The van der Waals surface area contributed by atoms with Crippen LogP contribution in [-0.4, -0.2) is 46.8 Å². The van der Waals surface area contributed by atoms with E-state index in [1.807, 2.05) is 0 Å². The molecular weight excluding hydrogens is 268 g/mol. The summed E-state index contributed by atoms with van der Waals surface area (Å²) in [5.41, 5.74) is 1.32. The van der Waals surface area contributed by atoms with Crippen molar-refractivity contribution < 1.29 is 4.21 Å². The fourth-order valence-electron chi connectivity index (χ4n) is 2.97. The molecule has 3 atom stereocenters. The predicted molar refractivity (Wildman–Crippen MR) is 86.4 cm³/mol. The minimum Gasteiger partial charge on any atom is -0.305 e. The summed E-state index contributed by atoms with van der Waals surface area (Å²) >= 11 is 0. The molecule has 0 bridgehead atoms. The first-order valence-electron chi connectivity index (χ1n) is 7.40. The van der Waals surface area contributed by atoms with Crippen molar-refractivity contribution in [2.75, 3.05) is 31.6 Å². The molecule has 1 aliphatic heterocycles. The molecule has 1 heterocycles. The first-order valence-corrected chi connectivity index (χ1v) is 9.12. The normalized spacial score (nSPS) is 29.2. The third-order valence-corrected chi connectivity index (χ3v) is 5.07. The molecule has 20 heavy (non-hydrogen) atoms. The maximum atomic E-state index is 11.4. The largest absolute Gasteiger partial charge is 0.305 e. The Balaban J connectivity index is 2.12. The monoisotopic (exact) mass is 294 g/mol. The molecule has 112 valence electrons. The van der Waals surface area contributed by atoms with Crippen LogP contribution in [0.25, 0.3) is 0 Å². The summed E-state index contributed by atoms with van der Waals surface area (Å²) in [6.07, 6.45) is 2.92. The van der Waals surface area contributed by atoms with E-state index < -0.39 is 10.8 Å². The van der Waals surface area contributed by atoms with Crippen molar-refractivity contribution in [3.8, 4) is 0 Å². The molecule has 1 aromatic carbocycles. The lowest BCUT2D eigenvalue weighted by atomic mass is 9.88. The van der Waals surface area contributed by atoms with Crippen LogP contribution in [-0.2, 0) is 16.3 Å². The van der Waals surface area contributed by atoms with Gasteiger partial charge in [-0.2, -0.15) is 0 Å². The molecule has 2 rings (SSSR count). The van der Waals surface area contributed by atoms with E-state index in [9.17, 15) is 4.21 Å². The number of nitrogens with zero attached hydrogens (tertiary/aromatic N) is 1. The zero-order valence-corrected chi connectivity index (χ0v) is 13.6. The Morgan fingerprint density at radius 2 is 2.10 bits per heavy atom.